The summed E-state index contributed by atoms with van der Waals surface area (Å²) in [4.78, 5) is -0.158. The summed E-state index contributed by atoms with van der Waals surface area (Å²) in [6.45, 7) is 0.317. The Labute approximate surface area is 128 Å². The van der Waals surface area contributed by atoms with Gasteiger partial charge in [0.1, 0.15) is 4.90 Å². The Morgan fingerprint density at radius 3 is 2.30 bits per heavy atom. The first kappa shape index (κ1) is 15.9. The Balaban J connectivity index is 2.19. The average molecular weight is 339 g/mol. The number of rotatable bonds is 6. The number of hydrogen-bond donors (Lipinski definition) is 3. The van der Waals surface area contributed by atoms with Crippen molar-refractivity contribution in [3.8, 4) is 0 Å². The van der Waals surface area contributed by atoms with Gasteiger partial charge in [0.15, 0.2) is 0 Å². The van der Waals surface area contributed by atoms with Gasteiger partial charge in [-0.25, -0.2) is 13.1 Å². The highest BCUT2D eigenvalue weighted by Gasteiger charge is 2.42. The van der Waals surface area contributed by atoms with Gasteiger partial charge in [-0.15, -0.1) is 0 Å². The molecule has 0 spiro atoms. The van der Waals surface area contributed by atoms with Crippen LogP contribution in [0.3, 0.4) is 0 Å². The molecule has 20 heavy (non-hydrogen) atoms. The fourth-order valence-electron chi connectivity index (χ4n) is 2.09. The quantitative estimate of drug-likeness (QED) is 0.692. The second-order valence-electron chi connectivity index (χ2n) is 5.11. The Bertz CT molecular complexity index is 592. The van der Waals surface area contributed by atoms with Crippen molar-refractivity contribution in [2.75, 3.05) is 18.9 Å². The van der Waals surface area contributed by atoms with E-state index in [1.807, 2.05) is 0 Å². The normalized spacial score (nSPS) is 17.1. The van der Waals surface area contributed by atoms with Crippen LogP contribution in [0.5, 0.6) is 0 Å². The SMILES string of the molecule is Nc1cc(Cl)c(S(=O)(=O)NCC2(CCO)CC2)c(Cl)c1. The van der Waals surface area contributed by atoms with E-state index in [0.717, 1.165) is 12.8 Å². The molecule has 0 saturated heterocycles. The van der Waals surface area contributed by atoms with E-state index in [1.165, 1.54) is 12.1 Å². The molecule has 1 aromatic rings. The van der Waals surface area contributed by atoms with Gasteiger partial charge in [-0.05, 0) is 36.8 Å². The average Bonchev–Trinajstić information content (AvgIpc) is 3.06. The minimum absolute atomic E-state index is 0.00509. The number of anilines is 1. The van der Waals surface area contributed by atoms with E-state index in [0.29, 0.717) is 12.1 Å². The van der Waals surface area contributed by atoms with Gasteiger partial charge in [0.05, 0.1) is 10.0 Å². The summed E-state index contributed by atoms with van der Waals surface area (Å²) in [5.74, 6) is 0. The Kier molecular flexibility index (Phi) is 4.51. The van der Waals surface area contributed by atoms with Gasteiger partial charge < -0.3 is 10.8 Å². The van der Waals surface area contributed by atoms with Crippen molar-refractivity contribution in [1.29, 1.82) is 0 Å². The smallest absolute Gasteiger partial charge is 0.243 e. The van der Waals surface area contributed by atoms with Crippen molar-refractivity contribution >= 4 is 38.9 Å². The molecule has 4 N–H and O–H groups in total. The van der Waals surface area contributed by atoms with Crippen LogP contribution in [0.15, 0.2) is 17.0 Å². The Morgan fingerprint density at radius 1 is 1.30 bits per heavy atom. The first-order valence-electron chi connectivity index (χ1n) is 6.15. The molecule has 0 aromatic heterocycles. The molecule has 0 unspecified atom stereocenters. The van der Waals surface area contributed by atoms with Crippen molar-refractivity contribution < 1.29 is 13.5 Å². The van der Waals surface area contributed by atoms with E-state index in [1.54, 1.807) is 0 Å². The van der Waals surface area contributed by atoms with Crippen LogP contribution in [0.2, 0.25) is 10.0 Å². The zero-order valence-electron chi connectivity index (χ0n) is 10.7. The van der Waals surface area contributed by atoms with Crippen LogP contribution in [0, 0.1) is 5.41 Å². The minimum Gasteiger partial charge on any atom is -0.399 e. The molecule has 0 aliphatic heterocycles. The molecule has 0 atom stereocenters. The van der Waals surface area contributed by atoms with Crippen LogP contribution in [0.25, 0.3) is 0 Å². The summed E-state index contributed by atoms with van der Waals surface area (Å²) in [6, 6.07) is 2.70. The van der Waals surface area contributed by atoms with Crippen molar-refractivity contribution in [2.45, 2.75) is 24.2 Å². The van der Waals surface area contributed by atoms with Crippen molar-refractivity contribution in [2.24, 2.45) is 5.41 Å². The number of nitrogens with two attached hydrogens (primary N) is 1. The molecule has 8 heteroatoms. The number of aliphatic hydroxyl groups excluding tert-OH is 1. The van der Waals surface area contributed by atoms with Crippen LogP contribution >= 0.6 is 23.2 Å². The summed E-state index contributed by atoms with van der Waals surface area (Å²) in [5, 5.41) is 8.96. The summed E-state index contributed by atoms with van der Waals surface area (Å²) in [5.41, 5.74) is 5.73. The van der Waals surface area contributed by atoms with Gasteiger partial charge in [-0.1, -0.05) is 23.2 Å². The summed E-state index contributed by atoms with van der Waals surface area (Å²) < 4.78 is 27.1. The van der Waals surface area contributed by atoms with E-state index >= 15 is 0 Å². The van der Waals surface area contributed by atoms with E-state index in [-0.39, 0.29) is 33.5 Å². The first-order chi connectivity index (χ1) is 9.30. The molecule has 1 aliphatic rings. The number of hydrogen-bond acceptors (Lipinski definition) is 4. The van der Waals surface area contributed by atoms with Gasteiger partial charge in [0.2, 0.25) is 10.0 Å². The van der Waals surface area contributed by atoms with Crippen LogP contribution in [0.4, 0.5) is 5.69 Å². The fraction of sp³-hybridized carbons (Fsp3) is 0.500. The first-order valence-corrected chi connectivity index (χ1v) is 8.39. The lowest BCUT2D eigenvalue weighted by molar-refractivity contribution is 0.249. The molecule has 1 fully saturated rings. The molecule has 5 nitrogen and oxygen atoms in total. The molecule has 0 radical (unpaired) electrons. The molecule has 2 rings (SSSR count). The molecule has 0 bridgehead atoms. The molecule has 112 valence electrons. The van der Waals surface area contributed by atoms with Crippen molar-refractivity contribution in [1.82, 2.24) is 4.72 Å². The number of halogens is 2. The molecule has 1 saturated carbocycles. The maximum atomic E-state index is 12.3. The monoisotopic (exact) mass is 338 g/mol. The standard InChI is InChI=1S/C12H16Cl2N2O3S/c13-9-5-8(15)6-10(14)11(9)20(18,19)16-7-12(1-2-12)3-4-17/h5-6,16-17H,1-4,7,15H2. The highest BCUT2D eigenvalue weighted by Crippen LogP contribution is 2.48. The lowest BCUT2D eigenvalue weighted by atomic mass is 10.0. The van der Waals surface area contributed by atoms with Crippen LogP contribution in [-0.4, -0.2) is 26.7 Å². The van der Waals surface area contributed by atoms with E-state index in [9.17, 15) is 8.42 Å². The summed E-state index contributed by atoms with van der Waals surface area (Å²) in [6.07, 6.45) is 2.39. The lowest BCUT2D eigenvalue weighted by Crippen LogP contribution is -2.31. The third-order valence-electron chi connectivity index (χ3n) is 3.53. The van der Waals surface area contributed by atoms with Gasteiger partial charge in [0.25, 0.3) is 0 Å². The van der Waals surface area contributed by atoms with E-state index in [2.05, 4.69) is 4.72 Å². The number of aliphatic hydroxyl groups is 1. The second kappa shape index (κ2) is 5.69. The zero-order chi connectivity index (χ0) is 15.0. The summed E-state index contributed by atoms with van der Waals surface area (Å²) >= 11 is 11.8. The third-order valence-corrected chi connectivity index (χ3v) is 5.85. The second-order valence-corrected chi connectivity index (χ2v) is 7.63. The van der Waals surface area contributed by atoms with Gasteiger partial charge in [0, 0.05) is 18.8 Å². The predicted molar refractivity (Wildman–Crippen MR) is 79.4 cm³/mol. The van der Waals surface area contributed by atoms with Crippen LogP contribution < -0.4 is 10.5 Å². The topological polar surface area (TPSA) is 92.4 Å². The molecule has 1 aliphatic carbocycles. The molecule has 0 amide bonds. The zero-order valence-corrected chi connectivity index (χ0v) is 13.0. The van der Waals surface area contributed by atoms with Crippen LogP contribution in [0.1, 0.15) is 19.3 Å². The molecule has 1 aromatic carbocycles. The van der Waals surface area contributed by atoms with Crippen molar-refractivity contribution in [3.05, 3.63) is 22.2 Å². The number of sulfonamides is 1. The highest BCUT2D eigenvalue weighted by molar-refractivity contribution is 7.89. The van der Waals surface area contributed by atoms with E-state index in [4.69, 9.17) is 34.0 Å². The number of nitrogen functional groups attached to an aromatic ring is 1. The predicted octanol–water partition coefficient (Wildman–Crippen LogP) is 2.02. The largest absolute Gasteiger partial charge is 0.399 e. The van der Waals surface area contributed by atoms with Crippen molar-refractivity contribution in [3.63, 3.8) is 0 Å². The lowest BCUT2D eigenvalue weighted by Gasteiger charge is -2.16. The fourth-order valence-corrected chi connectivity index (χ4v) is 4.47. The van der Waals surface area contributed by atoms with Gasteiger partial charge >= 0.3 is 0 Å². The Morgan fingerprint density at radius 2 is 1.85 bits per heavy atom. The highest BCUT2D eigenvalue weighted by atomic mass is 35.5. The number of nitrogens with one attached hydrogen (secondary N) is 1. The minimum atomic E-state index is -3.80. The molecule has 0 heterocycles. The Hall–Kier alpha value is -0.530. The van der Waals surface area contributed by atoms with E-state index < -0.39 is 10.0 Å². The summed E-state index contributed by atoms with van der Waals surface area (Å²) in [7, 11) is -3.80. The maximum absolute atomic E-state index is 12.3. The molecular formula is C12H16Cl2N2O3S. The third kappa shape index (κ3) is 3.38. The van der Waals surface area contributed by atoms with Gasteiger partial charge in [-0.3, -0.25) is 0 Å². The van der Waals surface area contributed by atoms with Crippen LogP contribution in [-0.2, 0) is 10.0 Å². The maximum Gasteiger partial charge on any atom is 0.243 e. The number of benzene rings is 1. The molecular weight excluding hydrogens is 323 g/mol. The van der Waals surface area contributed by atoms with Gasteiger partial charge in [-0.2, -0.15) is 0 Å².